The summed E-state index contributed by atoms with van der Waals surface area (Å²) < 4.78 is 31.8. The number of benzene rings is 2. The fourth-order valence-corrected chi connectivity index (χ4v) is 4.83. The summed E-state index contributed by atoms with van der Waals surface area (Å²) in [6.07, 6.45) is 1.09. The molecule has 1 N–H and O–H groups in total. The van der Waals surface area contributed by atoms with Crippen molar-refractivity contribution in [3.8, 4) is 5.75 Å². The van der Waals surface area contributed by atoms with Gasteiger partial charge in [-0.15, -0.1) is 0 Å². The SMILES string of the molecule is COc1cc(C)c([C@@H](C)NC(=O)CN(c2ccccc2Br)S(C)(=O)=O)cc1C(C)C. The first kappa shape index (κ1) is 24.2. The maximum Gasteiger partial charge on any atom is 0.241 e. The second kappa shape index (κ2) is 9.83. The van der Waals surface area contributed by atoms with Crippen molar-refractivity contribution in [1.82, 2.24) is 5.32 Å². The molecular formula is C22H29BrN2O4S. The predicted octanol–water partition coefficient (Wildman–Crippen LogP) is 4.53. The molecule has 1 atom stereocenters. The van der Waals surface area contributed by atoms with Crippen LogP contribution in [0.15, 0.2) is 40.9 Å². The molecule has 0 aliphatic carbocycles. The maximum absolute atomic E-state index is 12.8. The van der Waals surface area contributed by atoms with Gasteiger partial charge in [0.2, 0.25) is 15.9 Å². The zero-order valence-electron chi connectivity index (χ0n) is 18.2. The van der Waals surface area contributed by atoms with Crippen molar-refractivity contribution >= 4 is 37.5 Å². The van der Waals surface area contributed by atoms with Crippen LogP contribution in [0.1, 0.15) is 49.4 Å². The summed E-state index contributed by atoms with van der Waals surface area (Å²) in [4.78, 5) is 12.8. The lowest BCUT2D eigenvalue weighted by Gasteiger charge is -2.25. The standard InChI is InChI=1S/C22H29BrN2O4S/c1-14(2)17-12-18(15(3)11-21(17)29-5)16(4)24-22(26)13-25(30(6,27)28)20-10-8-7-9-19(20)23/h7-12,14,16H,13H2,1-6H3,(H,24,26)/t16-/m1/s1. The van der Waals surface area contributed by atoms with E-state index in [0.717, 1.165) is 33.0 Å². The van der Waals surface area contributed by atoms with Gasteiger partial charge in [-0.25, -0.2) is 8.42 Å². The van der Waals surface area contributed by atoms with Gasteiger partial charge in [-0.05, 0) is 76.7 Å². The molecule has 2 aromatic rings. The Hall–Kier alpha value is -2.06. The molecule has 164 valence electrons. The molecule has 0 fully saturated rings. The second-order valence-electron chi connectivity index (χ2n) is 7.62. The van der Waals surface area contributed by atoms with E-state index in [-0.39, 0.29) is 24.4 Å². The molecule has 0 aromatic heterocycles. The first-order valence-corrected chi connectivity index (χ1v) is 12.3. The van der Waals surface area contributed by atoms with E-state index in [1.165, 1.54) is 0 Å². The molecule has 0 radical (unpaired) electrons. The number of nitrogens with one attached hydrogen (secondary N) is 1. The molecule has 0 aliphatic heterocycles. The Balaban J connectivity index is 2.27. The van der Waals surface area contributed by atoms with Gasteiger partial charge >= 0.3 is 0 Å². The lowest BCUT2D eigenvalue weighted by molar-refractivity contribution is -0.120. The number of para-hydroxylation sites is 1. The van der Waals surface area contributed by atoms with Crippen molar-refractivity contribution in [1.29, 1.82) is 0 Å². The van der Waals surface area contributed by atoms with Crippen LogP contribution in [0.3, 0.4) is 0 Å². The highest BCUT2D eigenvalue weighted by molar-refractivity contribution is 9.10. The molecule has 1 amide bonds. The predicted molar refractivity (Wildman–Crippen MR) is 125 cm³/mol. The quantitative estimate of drug-likeness (QED) is 0.582. The highest BCUT2D eigenvalue weighted by atomic mass is 79.9. The van der Waals surface area contributed by atoms with Gasteiger partial charge in [0, 0.05) is 4.47 Å². The summed E-state index contributed by atoms with van der Waals surface area (Å²) >= 11 is 3.36. The van der Waals surface area contributed by atoms with E-state index < -0.39 is 10.0 Å². The number of anilines is 1. The van der Waals surface area contributed by atoms with Crippen molar-refractivity contribution in [2.75, 3.05) is 24.2 Å². The Morgan fingerprint density at radius 1 is 1.17 bits per heavy atom. The van der Waals surface area contributed by atoms with Gasteiger partial charge in [-0.1, -0.05) is 26.0 Å². The van der Waals surface area contributed by atoms with Crippen LogP contribution in [0, 0.1) is 6.92 Å². The smallest absolute Gasteiger partial charge is 0.241 e. The molecular weight excluding hydrogens is 468 g/mol. The van der Waals surface area contributed by atoms with Crippen LogP contribution < -0.4 is 14.4 Å². The molecule has 2 rings (SSSR count). The van der Waals surface area contributed by atoms with Gasteiger partial charge in [-0.3, -0.25) is 9.10 Å². The van der Waals surface area contributed by atoms with Gasteiger partial charge in [0.15, 0.2) is 0 Å². The summed E-state index contributed by atoms with van der Waals surface area (Å²) in [6, 6.07) is 10.6. The molecule has 0 aliphatic rings. The minimum atomic E-state index is -3.65. The lowest BCUT2D eigenvalue weighted by Crippen LogP contribution is -2.41. The molecule has 0 spiro atoms. The highest BCUT2D eigenvalue weighted by Gasteiger charge is 2.24. The number of amides is 1. The number of carbonyl (C=O) groups excluding carboxylic acids is 1. The highest BCUT2D eigenvalue weighted by Crippen LogP contribution is 2.32. The van der Waals surface area contributed by atoms with Gasteiger partial charge < -0.3 is 10.1 Å². The average molecular weight is 497 g/mol. The van der Waals surface area contributed by atoms with Crippen LogP contribution in [0.2, 0.25) is 0 Å². The van der Waals surface area contributed by atoms with E-state index in [4.69, 9.17) is 4.74 Å². The summed E-state index contributed by atoms with van der Waals surface area (Å²) in [7, 11) is -2.00. The normalized spacial score (nSPS) is 12.5. The molecule has 6 nitrogen and oxygen atoms in total. The minimum Gasteiger partial charge on any atom is -0.496 e. The number of hydrogen-bond donors (Lipinski definition) is 1. The van der Waals surface area contributed by atoms with Crippen LogP contribution in [-0.4, -0.2) is 34.2 Å². The number of methoxy groups -OCH3 is 1. The summed E-state index contributed by atoms with van der Waals surface area (Å²) in [5.74, 6) is 0.699. The van der Waals surface area contributed by atoms with Crippen molar-refractivity contribution in [2.24, 2.45) is 0 Å². The van der Waals surface area contributed by atoms with Crippen LogP contribution in [0.4, 0.5) is 5.69 Å². The molecule has 0 saturated carbocycles. The monoisotopic (exact) mass is 496 g/mol. The number of ether oxygens (including phenoxy) is 1. The summed E-state index contributed by atoms with van der Waals surface area (Å²) in [6.45, 7) is 7.72. The zero-order valence-corrected chi connectivity index (χ0v) is 20.6. The van der Waals surface area contributed by atoms with Crippen molar-refractivity contribution in [2.45, 2.75) is 39.7 Å². The number of nitrogens with zero attached hydrogens (tertiary/aromatic N) is 1. The van der Waals surface area contributed by atoms with Crippen LogP contribution in [-0.2, 0) is 14.8 Å². The van der Waals surface area contributed by atoms with Crippen LogP contribution in [0.5, 0.6) is 5.75 Å². The third-order valence-electron chi connectivity index (χ3n) is 4.89. The molecule has 8 heteroatoms. The summed E-state index contributed by atoms with van der Waals surface area (Å²) in [5, 5.41) is 2.93. The van der Waals surface area contributed by atoms with E-state index in [1.807, 2.05) is 26.0 Å². The number of halogens is 1. The zero-order chi connectivity index (χ0) is 22.6. The third kappa shape index (κ3) is 5.76. The van der Waals surface area contributed by atoms with Crippen molar-refractivity contribution in [3.63, 3.8) is 0 Å². The van der Waals surface area contributed by atoms with Crippen molar-refractivity contribution < 1.29 is 17.9 Å². The molecule has 0 bridgehead atoms. The first-order chi connectivity index (χ1) is 14.0. The molecule has 30 heavy (non-hydrogen) atoms. The number of hydrogen-bond acceptors (Lipinski definition) is 4. The van der Waals surface area contributed by atoms with E-state index in [2.05, 4.69) is 35.1 Å². The Bertz CT molecular complexity index is 1020. The largest absolute Gasteiger partial charge is 0.496 e. The topological polar surface area (TPSA) is 75.7 Å². The fraction of sp³-hybridized carbons (Fsp3) is 0.409. The number of sulfonamides is 1. The van der Waals surface area contributed by atoms with E-state index in [1.54, 1.807) is 31.4 Å². The second-order valence-corrected chi connectivity index (χ2v) is 10.4. The van der Waals surface area contributed by atoms with E-state index in [0.29, 0.717) is 10.2 Å². The van der Waals surface area contributed by atoms with Gasteiger partial charge in [0.1, 0.15) is 12.3 Å². The Labute approximate surface area is 187 Å². The van der Waals surface area contributed by atoms with Crippen LogP contribution in [0.25, 0.3) is 0 Å². The Morgan fingerprint density at radius 3 is 2.33 bits per heavy atom. The molecule has 0 unspecified atom stereocenters. The fourth-order valence-electron chi connectivity index (χ4n) is 3.34. The Morgan fingerprint density at radius 2 is 1.80 bits per heavy atom. The van der Waals surface area contributed by atoms with E-state index in [9.17, 15) is 13.2 Å². The minimum absolute atomic E-state index is 0.262. The molecule has 0 saturated heterocycles. The average Bonchev–Trinajstić information content (AvgIpc) is 2.65. The third-order valence-corrected chi connectivity index (χ3v) is 6.69. The van der Waals surface area contributed by atoms with E-state index >= 15 is 0 Å². The first-order valence-electron chi connectivity index (χ1n) is 9.65. The van der Waals surface area contributed by atoms with Crippen LogP contribution >= 0.6 is 15.9 Å². The number of carbonyl (C=O) groups is 1. The van der Waals surface area contributed by atoms with Crippen molar-refractivity contribution in [3.05, 3.63) is 57.6 Å². The lowest BCUT2D eigenvalue weighted by atomic mass is 9.93. The van der Waals surface area contributed by atoms with Gasteiger partial charge in [0.05, 0.1) is 25.1 Å². The summed E-state index contributed by atoms with van der Waals surface area (Å²) in [5.41, 5.74) is 3.45. The van der Waals surface area contributed by atoms with Gasteiger partial charge in [0.25, 0.3) is 0 Å². The Kier molecular flexibility index (Phi) is 7.93. The van der Waals surface area contributed by atoms with Gasteiger partial charge in [-0.2, -0.15) is 0 Å². The number of rotatable bonds is 8. The molecule has 0 heterocycles. The maximum atomic E-state index is 12.8. The number of aryl methyl sites for hydroxylation is 1. The molecule has 2 aromatic carbocycles.